The number of benzene rings is 2. The van der Waals surface area contributed by atoms with Crippen molar-refractivity contribution in [2.75, 3.05) is 0 Å². The van der Waals surface area contributed by atoms with Gasteiger partial charge in [0.1, 0.15) is 13.2 Å². The summed E-state index contributed by atoms with van der Waals surface area (Å²) in [6, 6.07) is 15.7. The fraction of sp³-hybridized carbons (Fsp3) is 0.304. The summed E-state index contributed by atoms with van der Waals surface area (Å²) in [5, 5.41) is 19.0. The fourth-order valence-electron chi connectivity index (χ4n) is 2.99. The van der Waals surface area contributed by atoms with Crippen molar-refractivity contribution in [3.05, 3.63) is 71.8 Å². The number of hydrogen-bond donors (Lipinski definition) is 4. The molecule has 10 heteroatoms. The van der Waals surface area contributed by atoms with Crippen LogP contribution in [0.4, 0.5) is 0 Å². The van der Waals surface area contributed by atoms with Crippen LogP contribution in [0.5, 0.6) is 0 Å². The Kier molecular flexibility index (Phi) is 9.08. The quantitative estimate of drug-likeness (QED) is 0.265. The van der Waals surface area contributed by atoms with Crippen molar-refractivity contribution in [3.63, 3.8) is 0 Å². The third-order valence-corrected chi connectivity index (χ3v) is 5.06. The Morgan fingerprint density at radius 2 is 1.30 bits per heavy atom. The van der Waals surface area contributed by atoms with Gasteiger partial charge in [-0.15, -0.1) is 0 Å². The Bertz CT molecular complexity index is 967. The van der Waals surface area contributed by atoms with Crippen molar-refractivity contribution < 1.29 is 38.9 Å². The van der Waals surface area contributed by atoms with Crippen LogP contribution < -0.4 is 11.5 Å². The number of aliphatic carboxylic acids is 2. The molecule has 2 aromatic rings. The minimum atomic E-state index is -2.63. The highest BCUT2D eigenvalue weighted by molar-refractivity contribution is 6.05. The molecule has 0 bridgehead atoms. The number of esters is 2. The summed E-state index contributed by atoms with van der Waals surface area (Å²) < 4.78 is 10.1. The highest BCUT2D eigenvalue weighted by atomic mass is 16.5. The van der Waals surface area contributed by atoms with Gasteiger partial charge < -0.3 is 31.2 Å². The second-order valence-electron chi connectivity index (χ2n) is 7.40. The number of carbonyl (C=O) groups excluding carboxylic acids is 2. The molecule has 2 aromatic carbocycles. The van der Waals surface area contributed by atoms with Crippen LogP contribution >= 0.6 is 0 Å². The Balaban J connectivity index is 2.00. The maximum Gasteiger partial charge on any atom is 0.339 e. The first-order valence-electron chi connectivity index (χ1n) is 10.1. The average molecular weight is 458 g/mol. The summed E-state index contributed by atoms with van der Waals surface area (Å²) in [5.41, 5.74) is 10.3. The molecule has 0 radical (unpaired) electrons. The fourth-order valence-corrected chi connectivity index (χ4v) is 2.99. The van der Waals surface area contributed by atoms with Gasteiger partial charge in [0.05, 0.1) is 0 Å². The van der Waals surface area contributed by atoms with E-state index in [0.717, 1.165) is 0 Å². The lowest BCUT2D eigenvalue weighted by Crippen LogP contribution is -2.66. The monoisotopic (exact) mass is 458 g/mol. The van der Waals surface area contributed by atoms with Crippen molar-refractivity contribution in [2.24, 2.45) is 17.4 Å². The van der Waals surface area contributed by atoms with Crippen LogP contribution in [0.25, 0.3) is 0 Å². The number of hydrogen-bond acceptors (Lipinski definition) is 8. The third kappa shape index (κ3) is 6.86. The minimum Gasteiger partial charge on any atom is -0.481 e. The van der Waals surface area contributed by atoms with E-state index in [1.165, 1.54) is 0 Å². The van der Waals surface area contributed by atoms with E-state index >= 15 is 0 Å². The lowest BCUT2D eigenvalue weighted by Gasteiger charge is -2.29. The lowest BCUT2D eigenvalue weighted by atomic mass is 9.86. The van der Waals surface area contributed by atoms with Gasteiger partial charge >= 0.3 is 23.9 Å². The van der Waals surface area contributed by atoms with Crippen molar-refractivity contribution in [2.45, 2.75) is 37.6 Å². The molecule has 3 unspecified atom stereocenters. The molecule has 0 amide bonds. The van der Waals surface area contributed by atoms with Crippen LogP contribution in [-0.2, 0) is 41.9 Å². The van der Waals surface area contributed by atoms with E-state index in [2.05, 4.69) is 0 Å². The summed E-state index contributed by atoms with van der Waals surface area (Å²) in [4.78, 5) is 48.1. The zero-order valence-electron chi connectivity index (χ0n) is 17.8. The maximum atomic E-state index is 12.5. The molecule has 0 aromatic heterocycles. The van der Waals surface area contributed by atoms with E-state index in [1.54, 1.807) is 60.7 Å². The number of carboxylic acids is 2. The molecular weight excluding hydrogens is 432 g/mol. The predicted octanol–water partition coefficient (Wildman–Crippen LogP) is 1.06. The number of nitrogens with two attached hydrogens (primary N) is 2. The molecule has 33 heavy (non-hydrogen) atoms. The van der Waals surface area contributed by atoms with E-state index in [0.29, 0.717) is 11.1 Å². The van der Waals surface area contributed by atoms with E-state index in [4.69, 9.17) is 20.9 Å². The molecule has 0 fully saturated rings. The average Bonchev–Trinajstić information content (AvgIpc) is 2.81. The molecule has 2 rings (SSSR count). The maximum absolute atomic E-state index is 12.5. The summed E-state index contributed by atoms with van der Waals surface area (Å²) in [6.07, 6.45) is -0.747. The van der Waals surface area contributed by atoms with Crippen molar-refractivity contribution >= 4 is 23.9 Å². The van der Waals surface area contributed by atoms with Gasteiger partial charge in [0, 0.05) is 6.04 Å². The van der Waals surface area contributed by atoms with Gasteiger partial charge in [-0.2, -0.15) is 0 Å². The third-order valence-electron chi connectivity index (χ3n) is 5.06. The molecule has 176 valence electrons. The van der Waals surface area contributed by atoms with Crippen molar-refractivity contribution in [3.8, 4) is 0 Å². The smallest absolute Gasteiger partial charge is 0.339 e. The van der Waals surface area contributed by atoms with E-state index in [9.17, 15) is 29.4 Å². The van der Waals surface area contributed by atoms with Gasteiger partial charge in [-0.3, -0.25) is 9.59 Å². The molecule has 0 heterocycles. The summed E-state index contributed by atoms with van der Waals surface area (Å²) in [6.45, 7) is -0.348. The Morgan fingerprint density at radius 3 is 1.76 bits per heavy atom. The number of ether oxygens (including phenoxy) is 2. The van der Waals surface area contributed by atoms with Gasteiger partial charge in [-0.1, -0.05) is 60.7 Å². The molecule has 0 aliphatic carbocycles. The number of rotatable bonds is 12. The molecule has 0 saturated heterocycles. The normalized spacial score (nSPS) is 14.4. The van der Waals surface area contributed by atoms with Crippen LogP contribution in [0.1, 0.15) is 24.0 Å². The van der Waals surface area contributed by atoms with Gasteiger partial charge in [0.2, 0.25) is 5.54 Å². The lowest BCUT2D eigenvalue weighted by molar-refractivity contribution is -0.163. The molecule has 0 spiro atoms. The molecule has 0 aliphatic rings. The zero-order valence-corrected chi connectivity index (χ0v) is 17.8. The first-order chi connectivity index (χ1) is 15.7. The van der Waals surface area contributed by atoms with Gasteiger partial charge in [0.25, 0.3) is 0 Å². The highest BCUT2D eigenvalue weighted by Crippen LogP contribution is 2.19. The molecule has 0 saturated carbocycles. The molecule has 3 atom stereocenters. The summed E-state index contributed by atoms with van der Waals surface area (Å²) in [7, 11) is 0. The number of carboxylic acid groups (broad SMARTS) is 2. The number of carbonyl (C=O) groups is 4. The first-order valence-corrected chi connectivity index (χ1v) is 10.1. The van der Waals surface area contributed by atoms with Crippen LogP contribution in [0, 0.1) is 5.92 Å². The van der Waals surface area contributed by atoms with Gasteiger partial charge in [-0.25, -0.2) is 9.59 Å². The highest BCUT2D eigenvalue weighted by Gasteiger charge is 2.50. The summed E-state index contributed by atoms with van der Waals surface area (Å²) >= 11 is 0. The van der Waals surface area contributed by atoms with E-state index < -0.39 is 41.4 Å². The first kappa shape index (κ1) is 25.5. The molecule has 0 aliphatic heterocycles. The van der Waals surface area contributed by atoms with Crippen LogP contribution in [0.15, 0.2) is 60.7 Å². The Hall–Kier alpha value is -3.76. The Labute approximate surface area is 190 Å². The molecular formula is C23H26N2O8. The minimum absolute atomic E-state index is 0.128. The Morgan fingerprint density at radius 1 is 0.818 bits per heavy atom. The standard InChI is InChI=1S/C23H26N2O8/c24-18(23(25,21(29)30)22(31)33-14-16-9-5-2-6-10-16)12-11-17(19(26)27)20(28)32-13-15-7-3-1-4-8-15/h1-10,17-18H,11-14,24-25H2,(H,26,27)(H,29,30). The van der Waals surface area contributed by atoms with Gasteiger partial charge in [0.15, 0.2) is 5.92 Å². The second kappa shape index (κ2) is 11.7. The topological polar surface area (TPSA) is 179 Å². The zero-order chi connectivity index (χ0) is 24.4. The second-order valence-corrected chi connectivity index (χ2v) is 7.40. The van der Waals surface area contributed by atoms with Gasteiger partial charge in [-0.05, 0) is 24.0 Å². The summed E-state index contributed by atoms with van der Waals surface area (Å²) in [5.74, 6) is -7.09. The predicted molar refractivity (Wildman–Crippen MR) is 115 cm³/mol. The van der Waals surface area contributed by atoms with Crippen molar-refractivity contribution in [1.82, 2.24) is 0 Å². The van der Waals surface area contributed by atoms with Crippen LogP contribution in [-0.4, -0.2) is 45.7 Å². The molecule has 10 nitrogen and oxygen atoms in total. The van der Waals surface area contributed by atoms with Crippen LogP contribution in [0.2, 0.25) is 0 Å². The SMILES string of the molecule is NC(CCC(C(=O)O)C(=O)OCc1ccccc1)C(N)(C(=O)O)C(=O)OCc1ccccc1. The van der Waals surface area contributed by atoms with Crippen LogP contribution in [0.3, 0.4) is 0 Å². The van der Waals surface area contributed by atoms with E-state index in [-0.39, 0.29) is 26.1 Å². The van der Waals surface area contributed by atoms with Crippen molar-refractivity contribution in [1.29, 1.82) is 0 Å². The van der Waals surface area contributed by atoms with E-state index in [1.807, 2.05) is 0 Å². The largest absolute Gasteiger partial charge is 0.481 e. The molecule has 6 N–H and O–H groups in total.